The normalized spacial score (nSPS) is 10.1. The van der Waals surface area contributed by atoms with Crippen molar-refractivity contribution in [3.05, 3.63) is 16.4 Å². The molecule has 7 heteroatoms. The molecule has 0 amide bonds. The van der Waals surface area contributed by atoms with Crippen molar-refractivity contribution >= 4 is 40.9 Å². The van der Waals surface area contributed by atoms with Gasteiger partial charge < -0.3 is 4.74 Å². The quantitative estimate of drug-likeness (QED) is 0.363. The van der Waals surface area contributed by atoms with Crippen LogP contribution in [0.2, 0.25) is 10.3 Å². The van der Waals surface area contributed by atoms with Crippen molar-refractivity contribution in [3.8, 4) is 0 Å². The second kappa shape index (κ2) is 6.15. The molecule has 0 radical (unpaired) electrons. The molecule has 15 heavy (non-hydrogen) atoms. The largest absolute Gasteiger partial charge is 0.465 e. The van der Waals surface area contributed by atoms with Crippen LogP contribution in [0.25, 0.3) is 0 Å². The van der Waals surface area contributed by atoms with Crippen molar-refractivity contribution in [2.75, 3.05) is 12.4 Å². The van der Waals surface area contributed by atoms with Crippen molar-refractivity contribution in [2.24, 2.45) is 0 Å². The average Bonchev–Trinajstić information content (AvgIpc) is 2.14. The summed E-state index contributed by atoms with van der Waals surface area (Å²) in [6, 6.07) is 1.43. The Morgan fingerprint density at radius 3 is 2.60 bits per heavy atom. The number of ether oxygens (including phenoxy) is 1. The zero-order valence-electron chi connectivity index (χ0n) is 7.87. The SMILES string of the molecule is CCOC(=O)CSc1nc(Cl)cc(Cl)n1. The Morgan fingerprint density at radius 2 is 2.07 bits per heavy atom. The molecule has 0 saturated carbocycles. The molecule has 0 bridgehead atoms. The number of esters is 1. The third kappa shape index (κ3) is 4.68. The van der Waals surface area contributed by atoms with Crippen LogP contribution in [0.5, 0.6) is 0 Å². The van der Waals surface area contributed by atoms with Crippen LogP contribution in [0.1, 0.15) is 6.92 Å². The van der Waals surface area contributed by atoms with E-state index in [1.807, 2.05) is 0 Å². The summed E-state index contributed by atoms with van der Waals surface area (Å²) in [6.45, 7) is 2.10. The van der Waals surface area contributed by atoms with Crippen LogP contribution < -0.4 is 0 Å². The van der Waals surface area contributed by atoms with E-state index in [4.69, 9.17) is 27.9 Å². The van der Waals surface area contributed by atoms with Gasteiger partial charge in [0.05, 0.1) is 12.4 Å². The summed E-state index contributed by atoms with van der Waals surface area (Å²) in [5.41, 5.74) is 0. The number of carbonyl (C=O) groups is 1. The molecule has 1 heterocycles. The van der Waals surface area contributed by atoms with Gasteiger partial charge in [-0.1, -0.05) is 35.0 Å². The number of hydrogen-bond acceptors (Lipinski definition) is 5. The molecule has 0 aromatic carbocycles. The first-order valence-corrected chi connectivity index (χ1v) is 5.84. The van der Waals surface area contributed by atoms with Crippen LogP contribution in [0.4, 0.5) is 0 Å². The second-order valence-corrected chi connectivity index (χ2v) is 4.11. The number of hydrogen-bond donors (Lipinski definition) is 0. The lowest BCUT2D eigenvalue weighted by molar-refractivity contribution is -0.139. The molecule has 1 aromatic heterocycles. The molecular formula is C8H8Cl2N2O2S. The Kier molecular flexibility index (Phi) is 5.14. The topological polar surface area (TPSA) is 52.1 Å². The highest BCUT2D eigenvalue weighted by molar-refractivity contribution is 7.99. The van der Waals surface area contributed by atoms with Gasteiger partial charge in [0.25, 0.3) is 0 Å². The molecule has 1 rings (SSSR count). The van der Waals surface area contributed by atoms with Crippen LogP contribution in [0.3, 0.4) is 0 Å². The molecule has 0 fully saturated rings. The second-order valence-electron chi connectivity index (χ2n) is 2.39. The molecule has 0 unspecified atom stereocenters. The Hall–Kier alpha value is -0.520. The molecule has 0 saturated heterocycles. The first-order chi connectivity index (χ1) is 7.11. The summed E-state index contributed by atoms with van der Waals surface area (Å²) in [7, 11) is 0. The predicted molar refractivity (Wildman–Crippen MR) is 59.4 cm³/mol. The Labute approximate surface area is 101 Å². The number of carbonyl (C=O) groups excluding carboxylic acids is 1. The predicted octanol–water partition coefficient (Wildman–Crippen LogP) is 2.44. The van der Waals surface area contributed by atoms with E-state index in [1.54, 1.807) is 6.92 Å². The summed E-state index contributed by atoms with van der Waals surface area (Å²) in [5, 5.41) is 0.864. The van der Waals surface area contributed by atoms with Crippen molar-refractivity contribution in [1.82, 2.24) is 9.97 Å². The molecule has 0 spiro atoms. The minimum Gasteiger partial charge on any atom is -0.465 e. The Bertz CT molecular complexity index is 342. The average molecular weight is 267 g/mol. The summed E-state index contributed by atoms with van der Waals surface area (Å²) in [5.74, 6) is -0.174. The Balaban J connectivity index is 2.54. The minimum absolute atomic E-state index is 0.143. The third-order valence-electron chi connectivity index (χ3n) is 1.27. The van der Waals surface area contributed by atoms with Gasteiger partial charge in [0.1, 0.15) is 10.3 Å². The van der Waals surface area contributed by atoms with Crippen molar-refractivity contribution in [1.29, 1.82) is 0 Å². The van der Waals surface area contributed by atoms with Crippen LogP contribution in [0.15, 0.2) is 11.2 Å². The van der Waals surface area contributed by atoms with E-state index in [0.717, 1.165) is 11.8 Å². The molecule has 0 atom stereocenters. The summed E-state index contributed by atoms with van der Waals surface area (Å²) in [6.07, 6.45) is 0. The van der Waals surface area contributed by atoms with E-state index in [2.05, 4.69) is 9.97 Å². The van der Waals surface area contributed by atoms with Gasteiger partial charge in [0, 0.05) is 6.07 Å². The fourth-order valence-electron chi connectivity index (χ4n) is 0.761. The molecular weight excluding hydrogens is 259 g/mol. The van der Waals surface area contributed by atoms with Crippen molar-refractivity contribution in [3.63, 3.8) is 0 Å². The highest BCUT2D eigenvalue weighted by Crippen LogP contribution is 2.19. The van der Waals surface area contributed by atoms with Crippen molar-refractivity contribution < 1.29 is 9.53 Å². The van der Waals surface area contributed by atoms with Crippen LogP contribution >= 0.6 is 35.0 Å². The molecule has 0 N–H and O–H groups in total. The fourth-order valence-corrected chi connectivity index (χ4v) is 1.94. The van der Waals surface area contributed by atoms with E-state index in [1.165, 1.54) is 6.07 Å². The first-order valence-electron chi connectivity index (χ1n) is 4.10. The number of halogens is 2. The maximum atomic E-state index is 11.0. The highest BCUT2D eigenvalue weighted by atomic mass is 35.5. The maximum Gasteiger partial charge on any atom is 0.316 e. The minimum atomic E-state index is -0.317. The van der Waals surface area contributed by atoms with Crippen LogP contribution in [-0.4, -0.2) is 28.3 Å². The van der Waals surface area contributed by atoms with Gasteiger partial charge >= 0.3 is 5.97 Å². The van der Waals surface area contributed by atoms with Gasteiger partial charge in [-0.05, 0) is 6.92 Å². The fraction of sp³-hybridized carbons (Fsp3) is 0.375. The van der Waals surface area contributed by atoms with Gasteiger partial charge in [-0.3, -0.25) is 4.79 Å². The molecule has 0 aliphatic rings. The summed E-state index contributed by atoms with van der Waals surface area (Å²) < 4.78 is 4.74. The molecule has 0 aliphatic carbocycles. The zero-order valence-corrected chi connectivity index (χ0v) is 10.2. The monoisotopic (exact) mass is 266 g/mol. The standard InChI is InChI=1S/C8H8Cl2N2O2S/c1-2-14-7(13)4-15-8-11-5(9)3-6(10)12-8/h3H,2,4H2,1H3. The zero-order chi connectivity index (χ0) is 11.3. The van der Waals surface area contributed by atoms with E-state index >= 15 is 0 Å². The number of aromatic nitrogens is 2. The van der Waals surface area contributed by atoms with Gasteiger partial charge in [0.2, 0.25) is 0 Å². The maximum absolute atomic E-state index is 11.0. The molecule has 1 aromatic rings. The van der Waals surface area contributed by atoms with Gasteiger partial charge in [-0.25, -0.2) is 9.97 Å². The third-order valence-corrected chi connectivity index (χ3v) is 2.48. The van der Waals surface area contributed by atoms with E-state index in [0.29, 0.717) is 11.8 Å². The van der Waals surface area contributed by atoms with Crippen LogP contribution in [0, 0.1) is 0 Å². The highest BCUT2D eigenvalue weighted by Gasteiger charge is 2.07. The van der Waals surface area contributed by atoms with Gasteiger partial charge in [-0.15, -0.1) is 0 Å². The number of rotatable bonds is 4. The van der Waals surface area contributed by atoms with E-state index in [9.17, 15) is 4.79 Å². The van der Waals surface area contributed by atoms with E-state index < -0.39 is 0 Å². The summed E-state index contributed by atoms with van der Waals surface area (Å²) >= 11 is 12.5. The van der Waals surface area contributed by atoms with Gasteiger partial charge in [0.15, 0.2) is 5.16 Å². The first kappa shape index (κ1) is 12.5. The molecule has 4 nitrogen and oxygen atoms in total. The lowest BCUT2D eigenvalue weighted by atomic mass is 10.7. The molecule has 0 aliphatic heterocycles. The lowest BCUT2D eigenvalue weighted by Crippen LogP contribution is -2.07. The summed E-state index contributed by atoms with van der Waals surface area (Å²) in [4.78, 5) is 18.8. The number of thioether (sulfide) groups is 1. The van der Waals surface area contributed by atoms with Crippen molar-refractivity contribution in [2.45, 2.75) is 12.1 Å². The smallest absolute Gasteiger partial charge is 0.316 e. The number of nitrogens with zero attached hydrogens (tertiary/aromatic N) is 2. The van der Waals surface area contributed by atoms with Gasteiger partial charge in [-0.2, -0.15) is 0 Å². The molecule has 82 valence electrons. The lowest BCUT2D eigenvalue weighted by Gasteiger charge is -2.01. The van der Waals surface area contributed by atoms with E-state index in [-0.39, 0.29) is 22.0 Å². The Morgan fingerprint density at radius 1 is 1.47 bits per heavy atom. The van der Waals surface area contributed by atoms with Crippen LogP contribution in [-0.2, 0) is 9.53 Å².